The monoisotopic (exact) mass is 255 g/mol. The molecule has 1 aliphatic rings. The van der Waals surface area contributed by atoms with Crippen molar-refractivity contribution in [3.8, 4) is 0 Å². The van der Waals surface area contributed by atoms with E-state index in [-0.39, 0.29) is 18.4 Å². The number of piperidine rings is 1. The van der Waals surface area contributed by atoms with Gasteiger partial charge in [-0.1, -0.05) is 20.8 Å². The van der Waals surface area contributed by atoms with E-state index in [2.05, 4.69) is 13.8 Å². The lowest BCUT2D eigenvalue weighted by molar-refractivity contribution is -0.142. The number of carboxylic acid groups (broad SMARTS) is 1. The van der Waals surface area contributed by atoms with Crippen molar-refractivity contribution in [2.75, 3.05) is 6.54 Å². The summed E-state index contributed by atoms with van der Waals surface area (Å²) in [4.78, 5) is 25.0. The fourth-order valence-electron chi connectivity index (χ4n) is 2.67. The van der Waals surface area contributed by atoms with Gasteiger partial charge in [-0.05, 0) is 31.1 Å². The van der Waals surface area contributed by atoms with Crippen LogP contribution in [0.25, 0.3) is 0 Å². The molecular weight excluding hydrogens is 230 g/mol. The van der Waals surface area contributed by atoms with E-state index in [4.69, 9.17) is 5.11 Å². The van der Waals surface area contributed by atoms with Crippen molar-refractivity contribution in [3.05, 3.63) is 0 Å². The summed E-state index contributed by atoms with van der Waals surface area (Å²) in [7, 11) is 0. The number of amides is 1. The van der Waals surface area contributed by atoms with Gasteiger partial charge < -0.3 is 10.0 Å². The normalized spacial score (nSPS) is 25.0. The van der Waals surface area contributed by atoms with E-state index in [9.17, 15) is 9.59 Å². The Kier molecular flexibility index (Phi) is 4.77. The minimum atomic E-state index is -0.840. The zero-order valence-electron chi connectivity index (χ0n) is 11.9. The molecule has 0 radical (unpaired) electrons. The van der Waals surface area contributed by atoms with Gasteiger partial charge in [0.05, 0.1) is 6.42 Å². The van der Waals surface area contributed by atoms with Crippen molar-refractivity contribution >= 4 is 11.9 Å². The Morgan fingerprint density at radius 1 is 1.28 bits per heavy atom. The van der Waals surface area contributed by atoms with Gasteiger partial charge in [-0.15, -0.1) is 0 Å². The SMILES string of the molecule is CC1CCCN(C(=O)CC(C)(C)CC(=O)O)C1C. The third kappa shape index (κ3) is 4.00. The Labute approximate surface area is 109 Å². The molecule has 4 heteroatoms. The molecule has 0 aromatic carbocycles. The molecule has 0 aliphatic carbocycles. The maximum Gasteiger partial charge on any atom is 0.303 e. The van der Waals surface area contributed by atoms with Gasteiger partial charge in [0.15, 0.2) is 0 Å². The van der Waals surface area contributed by atoms with E-state index < -0.39 is 11.4 Å². The summed E-state index contributed by atoms with van der Waals surface area (Å²) in [5, 5.41) is 8.84. The average Bonchev–Trinajstić information content (AvgIpc) is 2.18. The highest BCUT2D eigenvalue weighted by molar-refractivity contribution is 5.78. The summed E-state index contributed by atoms with van der Waals surface area (Å²) < 4.78 is 0. The smallest absolute Gasteiger partial charge is 0.303 e. The second kappa shape index (κ2) is 5.72. The Morgan fingerprint density at radius 2 is 1.89 bits per heavy atom. The minimum Gasteiger partial charge on any atom is -0.481 e. The average molecular weight is 255 g/mol. The van der Waals surface area contributed by atoms with Crippen molar-refractivity contribution in [2.45, 2.75) is 59.4 Å². The van der Waals surface area contributed by atoms with E-state index in [1.165, 1.54) is 6.42 Å². The molecular formula is C14H25NO3. The van der Waals surface area contributed by atoms with E-state index in [1.807, 2.05) is 18.7 Å². The molecule has 1 saturated heterocycles. The van der Waals surface area contributed by atoms with Crippen LogP contribution >= 0.6 is 0 Å². The quantitative estimate of drug-likeness (QED) is 0.839. The molecule has 0 aromatic heterocycles. The van der Waals surface area contributed by atoms with E-state index in [0.29, 0.717) is 12.3 Å². The number of aliphatic carboxylic acids is 1. The predicted molar refractivity (Wildman–Crippen MR) is 70.2 cm³/mol. The molecule has 2 atom stereocenters. The van der Waals surface area contributed by atoms with Crippen LogP contribution in [-0.2, 0) is 9.59 Å². The third-order valence-electron chi connectivity index (χ3n) is 3.95. The van der Waals surface area contributed by atoms with Gasteiger partial charge in [-0.3, -0.25) is 9.59 Å². The molecule has 1 aliphatic heterocycles. The predicted octanol–water partition coefficient (Wildman–Crippen LogP) is 2.52. The summed E-state index contributed by atoms with van der Waals surface area (Å²) in [5.74, 6) is -0.210. The zero-order chi connectivity index (χ0) is 13.9. The third-order valence-corrected chi connectivity index (χ3v) is 3.95. The standard InChI is InChI=1S/C14H25NO3/c1-10-6-5-7-15(11(10)2)12(16)8-14(3,4)9-13(17)18/h10-11H,5-9H2,1-4H3,(H,17,18). The molecule has 0 bridgehead atoms. The number of hydrogen-bond donors (Lipinski definition) is 1. The molecule has 0 aromatic rings. The second-order valence-electron chi connectivity index (χ2n) is 6.36. The second-order valence-corrected chi connectivity index (χ2v) is 6.36. The number of likely N-dealkylation sites (tertiary alicyclic amines) is 1. The first-order valence-corrected chi connectivity index (χ1v) is 6.74. The molecule has 104 valence electrons. The lowest BCUT2D eigenvalue weighted by Crippen LogP contribution is -2.47. The first-order valence-electron chi connectivity index (χ1n) is 6.74. The Morgan fingerprint density at radius 3 is 2.44 bits per heavy atom. The molecule has 0 saturated carbocycles. The molecule has 1 amide bonds. The van der Waals surface area contributed by atoms with Gasteiger partial charge in [0.2, 0.25) is 5.91 Å². The van der Waals surface area contributed by atoms with Crippen LogP contribution < -0.4 is 0 Å². The Balaban J connectivity index is 2.61. The topological polar surface area (TPSA) is 57.6 Å². The van der Waals surface area contributed by atoms with Gasteiger partial charge in [0.1, 0.15) is 0 Å². The first kappa shape index (κ1) is 15.0. The molecule has 1 N–H and O–H groups in total. The van der Waals surface area contributed by atoms with Gasteiger partial charge >= 0.3 is 5.97 Å². The fraction of sp³-hybridized carbons (Fsp3) is 0.857. The summed E-state index contributed by atoms with van der Waals surface area (Å²) in [6.45, 7) is 8.76. The lowest BCUT2D eigenvalue weighted by atomic mass is 9.84. The van der Waals surface area contributed by atoms with E-state index in [0.717, 1.165) is 13.0 Å². The lowest BCUT2D eigenvalue weighted by Gasteiger charge is -2.39. The van der Waals surface area contributed by atoms with Crippen molar-refractivity contribution in [1.82, 2.24) is 4.90 Å². The summed E-state index contributed by atoms with van der Waals surface area (Å²) in [6, 6.07) is 0.270. The van der Waals surface area contributed by atoms with Crippen molar-refractivity contribution in [3.63, 3.8) is 0 Å². The molecule has 18 heavy (non-hydrogen) atoms. The number of carboxylic acids is 1. The largest absolute Gasteiger partial charge is 0.481 e. The van der Waals surface area contributed by atoms with Crippen LogP contribution in [0.1, 0.15) is 53.4 Å². The minimum absolute atomic E-state index is 0.0382. The first-order chi connectivity index (χ1) is 8.23. The van der Waals surface area contributed by atoms with Crippen LogP contribution in [0.2, 0.25) is 0 Å². The van der Waals surface area contributed by atoms with Crippen LogP contribution in [-0.4, -0.2) is 34.5 Å². The summed E-state index contributed by atoms with van der Waals surface area (Å²) in [6.07, 6.45) is 2.58. The van der Waals surface area contributed by atoms with Crippen LogP contribution in [0.4, 0.5) is 0 Å². The van der Waals surface area contributed by atoms with Crippen molar-refractivity contribution in [1.29, 1.82) is 0 Å². The zero-order valence-corrected chi connectivity index (χ0v) is 11.9. The fourth-order valence-corrected chi connectivity index (χ4v) is 2.67. The number of carbonyl (C=O) groups excluding carboxylic acids is 1. The Hall–Kier alpha value is -1.06. The maximum absolute atomic E-state index is 12.3. The molecule has 1 rings (SSSR count). The van der Waals surface area contributed by atoms with Gasteiger partial charge in [0.25, 0.3) is 0 Å². The summed E-state index contributed by atoms with van der Waals surface area (Å²) >= 11 is 0. The van der Waals surface area contributed by atoms with Crippen LogP contribution in [0.3, 0.4) is 0 Å². The molecule has 1 heterocycles. The highest BCUT2D eigenvalue weighted by Gasteiger charge is 2.32. The number of rotatable bonds is 4. The van der Waals surface area contributed by atoms with Crippen LogP contribution in [0.5, 0.6) is 0 Å². The van der Waals surface area contributed by atoms with Crippen LogP contribution in [0, 0.1) is 11.3 Å². The molecule has 2 unspecified atom stereocenters. The van der Waals surface area contributed by atoms with E-state index >= 15 is 0 Å². The summed E-state index contributed by atoms with van der Waals surface area (Å²) in [5.41, 5.74) is -0.469. The molecule has 1 fully saturated rings. The van der Waals surface area contributed by atoms with Gasteiger partial charge in [-0.25, -0.2) is 0 Å². The van der Waals surface area contributed by atoms with Gasteiger partial charge in [0, 0.05) is 19.0 Å². The Bertz CT molecular complexity index is 325. The number of nitrogens with zero attached hydrogens (tertiary/aromatic N) is 1. The van der Waals surface area contributed by atoms with Crippen LogP contribution in [0.15, 0.2) is 0 Å². The number of hydrogen-bond acceptors (Lipinski definition) is 2. The number of carbonyl (C=O) groups is 2. The van der Waals surface area contributed by atoms with Crippen molar-refractivity contribution in [2.24, 2.45) is 11.3 Å². The maximum atomic E-state index is 12.3. The van der Waals surface area contributed by atoms with Crippen molar-refractivity contribution < 1.29 is 14.7 Å². The molecule has 0 spiro atoms. The molecule has 4 nitrogen and oxygen atoms in total. The highest BCUT2D eigenvalue weighted by Crippen LogP contribution is 2.29. The van der Waals surface area contributed by atoms with Gasteiger partial charge in [-0.2, -0.15) is 0 Å². The van der Waals surface area contributed by atoms with E-state index in [1.54, 1.807) is 0 Å². The highest BCUT2D eigenvalue weighted by atomic mass is 16.4.